The van der Waals surface area contributed by atoms with Crippen LogP contribution in [-0.4, -0.2) is 37.2 Å². The molecule has 0 aromatic rings. The molecule has 2 aliphatic rings. The van der Waals surface area contributed by atoms with Crippen LogP contribution < -0.4 is 0 Å². The molecule has 0 spiro atoms. The number of morpholine rings is 1. The van der Waals surface area contributed by atoms with Gasteiger partial charge in [-0.05, 0) is 25.2 Å². The van der Waals surface area contributed by atoms with Gasteiger partial charge in [-0.3, -0.25) is 4.90 Å². The molecule has 0 amide bonds. The minimum Gasteiger partial charge on any atom is -0.379 e. The third kappa shape index (κ3) is 1.80. The third-order valence-electron chi connectivity index (χ3n) is 3.23. The molecule has 2 nitrogen and oxygen atoms in total. The quantitative estimate of drug-likeness (QED) is 0.590. The second-order valence-corrected chi connectivity index (χ2v) is 4.22. The molecule has 12 heavy (non-hydrogen) atoms. The summed E-state index contributed by atoms with van der Waals surface area (Å²) in [6, 6.07) is 0.879. The summed E-state index contributed by atoms with van der Waals surface area (Å²) in [6.45, 7) is 6.60. The van der Waals surface area contributed by atoms with Gasteiger partial charge in [0.25, 0.3) is 0 Å². The van der Waals surface area contributed by atoms with E-state index in [1.54, 1.807) is 0 Å². The molecular weight excluding hydrogens is 150 g/mol. The number of ether oxygens (including phenoxy) is 1. The molecule has 1 aliphatic carbocycles. The Morgan fingerprint density at radius 2 is 1.92 bits per heavy atom. The Hall–Kier alpha value is -0.0800. The van der Waals surface area contributed by atoms with E-state index in [0.29, 0.717) is 0 Å². The van der Waals surface area contributed by atoms with Gasteiger partial charge in [0.1, 0.15) is 0 Å². The SMILES string of the molecule is C[C@@H]1CCC(N2CCOCC2)C1. The first-order valence-corrected chi connectivity index (χ1v) is 5.18. The Balaban J connectivity index is 1.83. The predicted octanol–water partition coefficient (Wildman–Crippen LogP) is 1.51. The molecule has 0 radical (unpaired) electrons. The minimum absolute atomic E-state index is 0.879. The fourth-order valence-electron chi connectivity index (χ4n) is 2.45. The smallest absolute Gasteiger partial charge is 0.0594 e. The van der Waals surface area contributed by atoms with Gasteiger partial charge in [-0.2, -0.15) is 0 Å². The van der Waals surface area contributed by atoms with Crippen molar-refractivity contribution in [1.82, 2.24) is 4.90 Å². The Kier molecular flexibility index (Phi) is 2.66. The fourth-order valence-corrected chi connectivity index (χ4v) is 2.45. The van der Waals surface area contributed by atoms with Gasteiger partial charge in [0, 0.05) is 19.1 Å². The van der Waals surface area contributed by atoms with Crippen molar-refractivity contribution in [3.63, 3.8) is 0 Å². The van der Waals surface area contributed by atoms with Crippen molar-refractivity contribution < 1.29 is 4.74 Å². The second-order valence-electron chi connectivity index (χ2n) is 4.22. The van der Waals surface area contributed by atoms with Gasteiger partial charge in [-0.1, -0.05) is 6.92 Å². The summed E-state index contributed by atoms with van der Waals surface area (Å²) in [6.07, 6.45) is 4.27. The molecule has 1 saturated carbocycles. The topological polar surface area (TPSA) is 12.5 Å². The van der Waals surface area contributed by atoms with Crippen LogP contribution in [0.1, 0.15) is 26.2 Å². The molecule has 0 bridgehead atoms. The van der Waals surface area contributed by atoms with Crippen LogP contribution in [0, 0.1) is 5.92 Å². The average Bonchev–Trinajstić information content (AvgIpc) is 2.54. The Bertz CT molecular complexity index is 140. The summed E-state index contributed by atoms with van der Waals surface area (Å²) in [5.41, 5.74) is 0. The maximum Gasteiger partial charge on any atom is 0.0594 e. The normalized spacial score (nSPS) is 38.8. The Labute approximate surface area is 74.9 Å². The largest absolute Gasteiger partial charge is 0.379 e. The zero-order valence-electron chi connectivity index (χ0n) is 7.96. The molecule has 2 fully saturated rings. The van der Waals surface area contributed by atoms with Crippen LogP contribution in [0.5, 0.6) is 0 Å². The summed E-state index contributed by atoms with van der Waals surface area (Å²) < 4.78 is 5.34. The lowest BCUT2D eigenvalue weighted by Gasteiger charge is -2.32. The van der Waals surface area contributed by atoms with Crippen LogP contribution in [0.4, 0.5) is 0 Å². The highest BCUT2D eigenvalue weighted by Gasteiger charge is 2.27. The third-order valence-corrected chi connectivity index (χ3v) is 3.23. The van der Waals surface area contributed by atoms with Gasteiger partial charge in [-0.25, -0.2) is 0 Å². The minimum atomic E-state index is 0.879. The zero-order chi connectivity index (χ0) is 8.39. The van der Waals surface area contributed by atoms with Crippen LogP contribution >= 0.6 is 0 Å². The predicted molar refractivity (Wildman–Crippen MR) is 49.2 cm³/mol. The van der Waals surface area contributed by atoms with E-state index in [-0.39, 0.29) is 0 Å². The van der Waals surface area contributed by atoms with Gasteiger partial charge >= 0.3 is 0 Å². The first-order chi connectivity index (χ1) is 5.86. The standard InChI is InChI=1S/C10H19NO/c1-9-2-3-10(8-9)11-4-6-12-7-5-11/h9-10H,2-8H2,1H3/t9-,10?/m1/s1. The van der Waals surface area contributed by atoms with Gasteiger partial charge in [-0.15, -0.1) is 0 Å². The molecule has 70 valence electrons. The first-order valence-electron chi connectivity index (χ1n) is 5.18. The van der Waals surface area contributed by atoms with Crippen LogP contribution in [0.3, 0.4) is 0 Å². The molecule has 2 heteroatoms. The lowest BCUT2D eigenvalue weighted by atomic mass is 10.1. The van der Waals surface area contributed by atoms with Gasteiger partial charge < -0.3 is 4.74 Å². The van der Waals surface area contributed by atoms with Crippen LogP contribution in [0.2, 0.25) is 0 Å². The highest BCUT2D eigenvalue weighted by molar-refractivity contribution is 4.81. The zero-order valence-corrected chi connectivity index (χ0v) is 7.96. The highest BCUT2D eigenvalue weighted by atomic mass is 16.5. The Morgan fingerprint density at radius 1 is 1.17 bits per heavy atom. The fraction of sp³-hybridized carbons (Fsp3) is 1.00. The molecule has 0 aromatic heterocycles. The van der Waals surface area contributed by atoms with E-state index >= 15 is 0 Å². The summed E-state index contributed by atoms with van der Waals surface area (Å²) in [4.78, 5) is 2.62. The number of hydrogen-bond acceptors (Lipinski definition) is 2. The van der Waals surface area contributed by atoms with Crippen molar-refractivity contribution in [2.75, 3.05) is 26.3 Å². The van der Waals surface area contributed by atoms with Crippen molar-refractivity contribution in [3.05, 3.63) is 0 Å². The maximum absolute atomic E-state index is 5.34. The molecule has 0 aromatic carbocycles. The number of rotatable bonds is 1. The van der Waals surface area contributed by atoms with E-state index in [0.717, 1.165) is 38.3 Å². The maximum atomic E-state index is 5.34. The summed E-state index contributed by atoms with van der Waals surface area (Å²) >= 11 is 0. The van der Waals surface area contributed by atoms with E-state index in [2.05, 4.69) is 11.8 Å². The van der Waals surface area contributed by atoms with Gasteiger partial charge in [0.05, 0.1) is 13.2 Å². The van der Waals surface area contributed by atoms with Crippen molar-refractivity contribution in [1.29, 1.82) is 0 Å². The van der Waals surface area contributed by atoms with Gasteiger partial charge in [0.2, 0.25) is 0 Å². The summed E-state index contributed by atoms with van der Waals surface area (Å²) in [5.74, 6) is 0.956. The van der Waals surface area contributed by atoms with Crippen molar-refractivity contribution >= 4 is 0 Å². The van der Waals surface area contributed by atoms with Crippen molar-refractivity contribution in [3.8, 4) is 0 Å². The highest BCUT2D eigenvalue weighted by Crippen LogP contribution is 2.28. The Morgan fingerprint density at radius 3 is 2.50 bits per heavy atom. The lowest BCUT2D eigenvalue weighted by molar-refractivity contribution is 0.0173. The first kappa shape index (κ1) is 8.52. The molecule has 1 heterocycles. The molecule has 2 rings (SSSR count). The molecule has 1 aliphatic heterocycles. The molecule has 1 unspecified atom stereocenters. The van der Waals surface area contributed by atoms with Crippen LogP contribution in [-0.2, 0) is 4.74 Å². The summed E-state index contributed by atoms with van der Waals surface area (Å²) in [7, 11) is 0. The molecule has 2 atom stereocenters. The van der Waals surface area contributed by atoms with E-state index in [9.17, 15) is 0 Å². The van der Waals surface area contributed by atoms with Crippen LogP contribution in [0.25, 0.3) is 0 Å². The molecular formula is C10H19NO. The average molecular weight is 169 g/mol. The van der Waals surface area contributed by atoms with Crippen molar-refractivity contribution in [2.45, 2.75) is 32.2 Å². The second kappa shape index (κ2) is 3.75. The van der Waals surface area contributed by atoms with Gasteiger partial charge in [0.15, 0.2) is 0 Å². The molecule has 0 N–H and O–H groups in total. The van der Waals surface area contributed by atoms with E-state index in [1.807, 2.05) is 0 Å². The van der Waals surface area contributed by atoms with E-state index in [1.165, 1.54) is 19.3 Å². The number of nitrogens with zero attached hydrogens (tertiary/aromatic N) is 1. The summed E-state index contributed by atoms with van der Waals surface area (Å²) in [5, 5.41) is 0. The monoisotopic (exact) mass is 169 g/mol. The molecule has 1 saturated heterocycles. The number of hydrogen-bond donors (Lipinski definition) is 0. The van der Waals surface area contributed by atoms with Crippen LogP contribution in [0.15, 0.2) is 0 Å². The van der Waals surface area contributed by atoms with Crippen molar-refractivity contribution in [2.24, 2.45) is 5.92 Å². The lowest BCUT2D eigenvalue weighted by Crippen LogP contribution is -2.42. The van der Waals surface area contributed by atoms with E-state index < -0.39 is 0 Å². The van der Waals surface area contributed by atoms with E-state index in [4.69, 9.17) is 4.74 Å².